The molecule has 0 spiro atoms. The monoisotopic (exact) mass is 298 g/mol. The lowest BCUT2D eigenvalue weighted by Crippen LogP contribution is -2.37. The lowest BCUT2D eigenvalue weighted by Gasteiger charge is -2.16. The Morgan fingerprint density at radius 1 is 1.00 bits per heavy atom. The molecule has 2 rings (SSSR count). The molecule has 5 nitrogen and oxygen atoms in total. The summed E-state index contributed by atoms with van der Waals surface area (Å²) in [6, 6.07) is 17.3. The Morgan fingerprint density at radius 2 is 1.59 bits per heavy atom. The summed E-state index contributed by atoms with van der Waals surface area (Å²) >= 11 is 0. The van der Waals surface area contributed by atoms with Crippen LogP contribution < -0.4 is 15.8 Å². The van der Waals surface area contributed by atoms with Gasteiger partial charge in [-0.2, -0.15) is 0 Å². The van der Waals surface area contributed by atoms with Gasteiger partial charge in [0.15, 0.2) is 0 Å². The quantitative estimate of drug-likeness (QED) is 0.817. The van der Waals surface area contributed by atoms with Crippen molar-refractivity contribution in [1.82, 2.24) is 5.32 Å². The Labute approximate surface area is 129 Å². The van der Waals surface area contributed by atoms with Crippen molar-refractivity contribution in [2.24, 2.45) is 5.73 Å². The van der Waals surface area contributed by atoms with Crippen molar-refractivity contribution in [2.75, 3.05) is 6.61 Å². The van der Waals surface area contributed by atoms with Gasteiger partial charge in [0.25, 0.3) is 0 Å². The van der Waals surface area contributed by atoms with E-state index in [0.717, 1.165) is 0 Å². The van der Waals surface area contributed by atoms with Crippen LogP contribution in [-0.2, 0) is 9.59 Å². The minimum Gasteiger partial charge on any atom is -0.493 e. The van der Waals surface area contributed by atoms with Gasteiger partial charge in [-0.15, -0.1) is 0 Å². The number of ether oxygens (including phenoxy) is 1. The molecule has 0 saturated heterocycles. The SMILES string of the molecule is NC(=O)[C@@H](NC(=O)CCOc1ccccc1)c1ccccc1. The van der Waals surface area contributed by atoms with Gasteiger partial charge in [-0.25, -0.2) is 0 Å². The van der Waals surface area contributed by atoms with Crippen LogP contribution in [-0.4, -0.2) is 18.4 Å². The second-order valence-corrected chi connectivity index (χ2v) is 4.73. The molecule has 0 aliphatic heterocycles. The highest BCUT2D eigenvalue weighted by Gasteiger charge is 2.19. The van der Waals surface area contributed by atoms with E-state index in [9.17, 15) is 9.59 Å². The first-order valence-corrected chi connectivity index (χ1v) is 6.98. The Kier molecular flexibility index (Phi) is 5.54. The molecule has 2 aromatic rings. The molecule has 0 aliphatic carbocycles. The second-order valence-electron chi connectivity index (χ2n) is 4.73. The fraction of sp³-hybridized carbons (Fsp3) is 0.176. The summed E-state index contributed by atoms with van der Waals surface area (Å²) in [6.45, 7) is 0.232. The Bertz CT molecular complexity index is 614. The zero-order valence-corrected chi connectivity index (χ0v) is 12.1. The van der Waals surface area contributed by atoms with Gasteiger partial charge >= 0.3 is 0 Å². The molecule has 0 aromatic heterocycles. The number of primary amides is 1. The van der Waals surface area contributed by atoms with Gasteiger partial charge in [0.1, 0.15) is 11.8 Å². The molecule has 0 radical (unpaired) electrons. The molecule has 0 unspecified atom stereocenters. The number of hydrogen-bond donors (Lipinski definition) is 2. The van der Waals surface area contributed by atoms with E-state index < -0.39 is 11.9 Å². The van der Waals surface area contributed by atoms with Crippen LogP contribution in [0.1, 0.15) is 18.0 Å². The molecule has 1 atom stereocenters. The highest BCUT2D eigenvalue weighted by Crippen LogP contribution is 2.12. The van der Waals surface area contributed by atoms with Crippen molar-refractivity contribution in [2.45, 2.75) is 12.5 Å². The van der Waals surface area contributed by atoms with Crippen LogP contribution >= 0.6 is 0 Å². The average molecular weight is 298 g/mol. The lowest BCUT2D eigenvalue weighted by atomic mass is 10.1. The van der Waals surface area contributed by atoms with Crippen LogP contribution in [0.25, 0.3) is 0 Å². The van der Waals surface area contributed by atoms with E-state index in [2.05, 4.69) is 5.32 Å². The summed E-state index contributed by atoms with van der Waals surface area (Å²) in [6.07, 6.45) is 0.144. The number of benzene rings is 2. The van der Waals surface area contributed by atoms with Crippen molar-refractivity contribution in [3.63, 3.8) is 0 Å². The van der Waals surface area contributed by atoms with Gasteiger partial charge in [0, 0.05) is 0 Å². The topological polar surface area (TPSA) is 81.4 Å². The van der Waals surface area contributed by atoms with Crippen LogP contribution in [0.5, 0.6) is 5.75 Å². The van der Waals surface area contributed by atoms with Crippen molar-refractivity contribution >= 4 is 11.8 Å². The Balaban J connectivity index is 1.85. The molecule has 0 heterocycles. The van der Waals surface area contributed by atoms with Gasteiger partial charge in [-0.3, -0.25) is 9.59 Å². The van der Waals surface area contributed by atoms with Crippen molar-refractivity contribution < 1.29 is 14.3 Å². The first-order chi connectivity index (χ1) is 10.7. The standard InChI is InChI=1S/C17H18N2O3/c18-17(21)16(13-7-3-1-4-8-13)19-15(20)11-12-22-14-9-5-2-6-10-14/h1-10,16H,11-12H2,(H2,18,21)(H,19,20)/t16-/m0/s1. The molecule has 2 aromatic carbocycles. The van der Waals surface area contributed by atoms with Crippen molar-refractivity contribution in [1.29, 1.82) is 0 Å². The molecule has 0 bridgehead atoms. The van der Waals surface area contributed by atoms with Gasteiger partial charge in [0.2, 0.25) is 11.8 Å². The zero-order chi connectivity index (χ0) is 15.8. The molecule has 5 heteroatoms. The van der Waals surface area contributed by atoms with E-state index in [1.807, 2.05) is 36.4 Å². The fourth-order valence-corrected chi connectivity index (χ4v) is 1.98. The summed E-state index contributed by atoms with van der Waals surface area (Å²) in [5.41, 5.74) is 6.01. The van der Waals surface area contributed by atoms with Crippen LogP contribution in [0, 0.1) is 0 Å². The predicted molar refractivity (Wildman–Crippen MR) is 83.1 cm³/mol. The maximum atomic E-state index is 11.9. The molecular formula is C17H18N2O3. The zero-order valence-electron chi connectivity index (χ0n) is 12.1. The number of nitrogens with two attached hydrogens (primary N) is 1. The van der Waals surface area contributed by atoms with E-state index in [-0.39, 0.29) is 18.9 Å². The fourth-order valence-electron chi connectivity index (χ4n) is 1.98. The summed E-state index contributed by atoms with van der Waals surface area (Å²) in [4.78, 5) is 23.4. The number of amides is 2. The molecule has 3 N–H and O–H groups in total. The van der Waals surface area contributed by atoms with Crippen LogP contribution in [0.15, 0.2) is 60.7 Å². The van der Waals surface area contributed by atoms with E-state index in [1.54, 1.807) is 24.3 Å². The van der Waals surface area contributed by atoms with Gasteiger partial charge in [-0.05, 0) is 17.7 Å². The number of carbonyl (C=O) groups excluding carboxylic acids is 2. The maximum Gasteiger partial charge on any atom is 0.244 e. The number of nitrogens with one attached hydrogen (secondary N) is 1. The van der Waals surface area contributed by atoms with Gasteiger partial charge < -0.3 is 15.8 Å². The normalized spacial score (nSPS) is 11.5. The van der Waals surface area contributed by atoms with Crippen molar-refractivity contribution in [3.8, 4) is 5.75 Å². The first-order valence-electron chi connectivity index (χ1n) is 6.98. The molecule has 22 heavy (non-hydrogen) atoms. The molecule has 0 saturated carbocycles. The average Bonchev–Trinajstić information content (AvgIpc) is 2.54. The number of rotatable bonds is 7. The third-order valence-electron chi connectivity index (χ3n) is 3.06. The van der Waals surface area contributed by atoms with Crippen LogP contribution in [0.2, 0.25) is 0 Å². The molecule has 114 valence electrons. The highest BCUT2D eigenvalue weighted by atomic mass is 16.5. The Hall–Kier alpha value is -2.82. The van der Waals surface area contributed by atoms with E-state index >= 15 is 0 Å². The lowest BCUT2D eigenvalue weighted by molar-refractivity contribution is -0.127. The summed E-state index contributed by atoms with van der Waals surface area (Å²) in [5.74, 6) is -0.183. The minimum absolute atomic E-state index is 0.144. The third-order valence-corrected chi connectivity index (χ3v) is 3.06. The smallest absolute Gasteiger partial charge is 0.244 e. The first kappa shape index (κ1) is 15.6. The number of hydrogen-bond acceptors (Lipinski definition) is 3. The largest absolute Gasteiger partial charge is 0.493 e. The molecular weight excluding hydrogens is 280 g/mol. The van der Waals surface area contributed by atoms with E-state index in [1.165, 1.54) is 0 Å². The molecule has 0 fully saturated rings. The molecule has 2 amide bonds. The van der Waals surface area contributed by atoms with Crippen LogP contribution in [0.3, 0.4) is 0 Å². The number of carbonyl (C=O) groups is 2. The molecule has 0 aliphatic rings. The van der Waals surface area contributed by atoms with E-state index in [0.29, 0.717) is 11.3 Å². The third kappa shape index (κ3) is 4.63. The van der Waals surface area contributed by atoms with Gasteiger partial charge in [-0.1, -0.05) is 48.5 Å². The summed E-state index contributed by atoms with van der Waals surface area (Å²) < 4.78 is 5.45. The minimum atomic E-state index is -0.828. The van der Waals surface area contributed by atoms with Crippen LogP contribution in [0.4, 0.5) is 0 Å². The summed E-state index contributed by atoms with van der Waals surface area (Å²) in [7, 11) is 0. The summed E-state index contributed by atoms with van der Waals surface area (Å²) in [5, 5.41) is 2.63. The van der Waals surface area contributed by atoms with Gasteiger partial charge in [0.05, 0.1) is 13.0 Å². The van der Waals surface area contributed by atoms with E-state index in [4.69, 9.17) is 10.5 Å². The predicted octanol–water partition coefficient (Wildman–Crippen LogP) is 1.80. The van der Waals surface area contributed by atoms with Crippen molar-refractivity contribution in [3.05, 3.63) is 66.2 Å². The maximum absolute atomic E-state index is 11.9. The second kappa shape index (κ2) is 7.83. The highest BCUT2D eigenvalue weighted by molar-refractivity contribution is 5.87. The Morgan fingerprint density at radius 3 is 2.18 bits per heavy atom. The number of para-hydroxylation sites is 1.